The summed E-state index contributed by atoms with van der Waals surface area (Å²) in [6.45, 7) is 7.95. The third kappa shape index (κ3) is 3.94. The average Bonchev–Trinajstić information content (AvgIpc) is 2.94. The Morgan fingerprint density at radius 1 is 1.25 bits per heavy atom. The molecule has 3 heterocycles. The SMILES string of the molecule is Cc1n[nH]c(C)c1CNCc1ccc(N2CCC(CO)CC2)nc1. The van der Waals surface area contributed by atoms with Crippen molar-refractivity contribution in [2.75, 3.05) is 24.6 Å². The minimum Gasteiger partial charge on any atom is -0.396 e. The number of aromatic nitrogens is 3. The van der Waals surface area contributed by atoms with Crippen LogP contribution in [0.5, 0.6) is 0 Å². The number of hydrogen-bond donors (Lipinski definition) is 3. The molecule has 0 unspecified atom stereocenters. The lowest BCUT2D eigenvalue weighted by molar-refractivity contribution is 0.203. The van der Waals surface area contributed by atoms with Gasteiger partial charge in [0.15, 0.2) is 0 Å². The van der Waals surface area contributed by atoms with Crippen LogP contribution in [0, 0.1) is 19.8 Å². The van der Waals surface area contributed by atoms with Crippen molar-refractivity contribution in [2.24, 2.45) is 5.92 Å². The van der Waals surface area contributed by atoms with Crippen LogP contribution in [0.25, 0.3) is 0 Å². The number of aryl methyl sites for hydroxylation is 2. The fourth-order valence-electron chi connectivity index (χ4n) is 3.22. The second-order valence-electron chi connectivity index (χ2n) is 6.65. The molecule has 6 nitrogen and oxygen atoms in total. The molecule has 0 aliphatic carbocycles. The maximum absolute atomic E-state index is 9.22. The molecular weight excluding hydrogens is 302 g/mol. The first-order valence-electron chi connectivity index (χ1n) is 8.69. The van der Waals surface area contributed by atoms with E-state index in [1.54, 1.807) is 0 Å². The normalized spacial score (nSPS) is 15.9. The molecule has 0 spiro atoms. The molecule has 6 heteroatoms. The molecule has 0 atom stereocenters. The standard InChI is InChI=1S/C18H27N5O/c1-13-17(14(2)22-21-13)11-19-9-16-3-4-18(20-10-16)23-7-5-15(12-24)6-8-23/h3-4,10,15,19,24H,5-9,11-12H2,1-2H3,(H,21,22). The van der Waals surface area contributed by atoms with Gasteiger partial charge < -0.3 is 15.3 Å². The number of rotatable bonds is 6. The molecule has 1 fully saturated rings. The molecule has 130 valence electrons. The van der Waals surface area contributed by atoms with Crippen LogP contribution in [0.4, 0.5) is 5.82 Å². The first kappa shape index (κ1) is 16.9. The van der Waals surface area contributed by atoms with E-state index >= 15 is 0 Å². The monoisotopic (exact) mass is 329 g/mol. The minimum absolute atomic E-state index is 0.307. The zero-order chi connectivity index (χ0) is 16.9. The van der Waals surface area contributed by atoms with Gasteiger partial charge in [-0.2, -0.15) is 5.10 Å². The summed E-state index contributed by atoms with van der Waals surface area (Å²) >= 11 is 0. The van der Waals surface area contributed by atoms with Gasteiger partial charge in [-0.25, -0.2) is 4.98 Å². The highest BCUT2D eigenvalue weighted by molar-refractivity contribution is 5.39. The smallest absolute Gasteiger partial charge is 0.128 e. The fourth-order valence-corrected chi connectivity index (χ4v) is 3.22. The summed E-state index contributed by atoms with van der Waals surface area (Å²) in [5.74, 6) is 1.50. The predicted molar refractivity (Wildman–Crippen MR) is 94.9 cm³/mol. The van der Waals surface area contributed by atoms with E-state index in [1.165, 1.54) is 11.1 Å². The number of pyridine rings is 1. The van der Waals surface area contributed by atoms with E-state index in [1.807, 2.05) is 20.0 Å². The number of aliphatic hydroxyl groups excluding tert-OH is 1. The molecule has 1 aliphatic heterocycles. The first-order chi connectivity index (χ1) is 11.7. The quantitative estimate of drug-likeness (QED) is 0.755. The lowest BCUT2D eigenvalue weighted by atomic mass is 9.98. The fraction of sp³-hybridized carbons (Fsp3) is 0.556. The van der Waals surface area contributed by atoms with Crippen LogP contribution < -0.4 is 10.2 Å². The van der Waals surface area contributed by atoms with Gasteiger partial charge in [0.25, 0.3) is 0 Å². The maximum Gasteiger partial charge on any atom is 0.128 e. The van der Waals surface area contributed by atoms with Crippen molar-refractivity contribution in [1.82, 2.24) is 20.5 Å². The zero-order valence-corrected chi connectivity index (χ0v) is 14.5. The van der Waals surface area contributed by atoms with Gasteiger partial charge in [-0.05, 0) is 44.2 Å². The van der Waals surface area contributed by atoms with Crippen LogP contribution in [-0.2, 0) is 13.1 Å². The summed E-state index contributed by atoms with van der Waals surface area (Å²) in [4.78, 5) is 6.92. The van der Waals surface area contributed by atoms with Crippen molar-refractivity contribution < 1.29 is 5.11 Å². The summed E-state index contributed by atoms with van der Waals surface area (Å²) in [5.41, 5.74) is 4.61. The van der Waals surface area contributed by atoms with E-state index in [0.717, 1.165) is 56.2 Å². The van der Waals surface area contributed by atoms with E-state index in [9.17, 15) is 5.11 Å². The minimum atomic E-state index is 0.307. The van der Waals surface area contributed by atoms with Gasteiger partial charge in [0, 0.05) is 50.2 Å². The second kappa shape index (κ2) is 7.77. The number of aromatic amines is 1. The van der Waals surface area contributed by atoms with Crippen molar-refractivity contribution in [3.05, 3.63) is 40.8 Å². The Morgan fingerprint density at radius 3 is 2.62 bits per heavy atom. The van der Waals surface area contributed by atoms with Gasteiger partial charge in [-0.1, -0.05) is 6.07 Å². The van der Waals surface area contributed by atoms with Crippen molar-refractivity contribution in [1.29, 1.82) is 0 Å². The Hall–Kier alpha value is -1.92. The topological polar surface area (TPSA) is 77.1 Å². The molecular formula is C18H27N5O. The van der Waals surface area contributed by atoms with Gasteiger partial charge >= 0.3 is 0 Å². The average molecular weight is 329 g/mol. The zero-order valence-electron chi connectivity index (χ0n) is 14.5. The Balaban J connectivity index is 1.50. The predicted octanol–water partition coefficient (Wildman–Crippen LogP) is 1.92. The summed E-state index contributed by atoms with van der Waals surface area (Å²) in [7, 11) is 0. The van der Waals surface area contributed by atoms with Crippen LogP contribution in [0.15, 0.2) is 18.3 Å². The van der Waals surface area contributed by atoms with Crippen LogP contribution in [0.1, 0.15) is 35.4 Å². The molecule has 0 aromatic carbocycles. The largest absolute Gasteiger partial charge is 0.396 e. The first-order valence-corrected chi connectivity index (χ1v) is 8.69. The molecule has 2 aromatic rings. The third-order valence-corrected chi connectivity index (χ3v) is 4.92. The van der Waals surface area contributed by atoms with Crippen molar-refractivity contribution in [3.63, 3.8) is 0 Å². The molecule has 1 aliphatic rings. The molecule has 0 saturated carbocycles. The molecule has 0 radical (unpaired) electrons. The number of anilines is 1. The number of H-pyrrole nitrogens is 1. The number of nitrogens with one attached hydrogen (secondary N) is 2. The van der Waals surface area contributed by atoms with Crippen LogP contribution in [0.2, 0.25) is 0 Å². The van der Waals surface area contributed by atoms with E-state index in [-0.39, 0.29) is 0 Å². The Labute approximate surface area is 143 Å². The summed E-state index contributed by atoms with van der Waals surface area (Å²) in [6, 6.07) is 4.24. The van der Waals surface area contributed by atoms with Gasteiger partial charge in [0.1, 0.15) is 5.82 Å². The highest BCUT2D eigenvalue weighted by Gasteiger charge is 2.19. The molecule has 3 rings (SSSR count). The molecule has 0 amide bonds. The highest BCUT2D eigenvalue weighted by Crippen LogP contribution is 2.21. The van der Waals surface area contributed by atoms with Crippen LogP contribution in [-0.4, -0.2) is 40.0 Å². The summed E-state index contributed by atoms with van der Waals surface area (Å²) in [6.07, 6.45) is 4.05. The number of nitrogens with zero attached hydrogens (tertiary/aromatic N) is 3. The number of aliphatic hydroxyl groups is 1. The number of hydrogen-bond acceptors (Lipinski definition) is 5. The molecule has 2 aromatic heterocycles. The van der Waals surface area contributed by atoms with E-state index in [0.29, 0.717) is 12.5 Å². The van der Waals surface area contributed by atoms with Crippen LogP contribution in [0.3, 0.4) is 0 Å². The maximum atomic E-state index is 9.22. The van der Waals surface area contributed by atoms with Gasteiger partial charge in [0.05, 0.1) is 5.69 Å². The summed E-state index contributed by atoms with van der Waals surface area (Å²) < 4.78 is 0. The molecule has 0 bridgehead atoms. The van der Waals surface area contributed by atoms with Gasteiger partial charge in [0.2, 0.25) is 0 Å². The van der Waals surface area contributed by atoms with Crippen molar-refractivity contribution >= 4 is 5.82 Å². The van der Waals surface area contributed by atoms with Crippen LogP contribution >= 0.6 is 0 Å². The van der Waals surface area contributed by atoms with Crippen molar-refractivity contribution in [3.8, 4) is 0 Å². The molecule has 24 heavy (non-hydrogen) atoms. The molecule has 3 N–H and O–H groups in total. The van der Waals surface area contributed by atoms with Crippen molar-refractivity contribution in [2.45, 2.75) is 39.8 Å². The molecule has 1 saturated heterocycles. The lowest BCUT2D eigenvalue weighted by Crippen LogP contribution is -2.35. The van der Waals surface area contributed by atoms with E-state index in [2.05, 4.69) is 37.5 Å². The Bertz CT molecular complexity index is 624. The lowest BCUT2D eigenvalue weighted by Gasteiger charge is -2.32. The Morgan fingerprint density at radius 2 is 2.04 bits per heavy atom. The highest BCUT2D eigenvalue weighted by atomic mass is 16.3. The van der Waals surface area contributed by atoms with Gasteiger partial charge in [-0.3, -0.25) is 5.10 Å². The summed E-state index contributed by atoms with van der Waals surface area (Å²) in [5, 5.41) is 19.9. The Kier molecular flexibility index (Phi) is 5.48. The van der Waals surface area contributed by atoms with E-state index < -0.39 is 0 Å². The number of piperidine rings is 1. The van der Waals surface area contributed by atoms with Gasteiger partial charge in [-0.15, -0.1) is 0 Å². The van der Waals surface area contributed by atoms with E-state index in [4.69, 9.17) is 0 Å². The second-order valence-corrected chi connectivity index (χ2v) is 6.65. The third-order valence-electron chi connectivity index (χ3n) is 4.92.